The second kappa shape index (κ2) is 4.59. The third-order valence-corrected chi connectivity index (χ3v) is 5.58. The molecule has 0 unspecified atom stereocenters. The van der Waals surface area contributed by atoms with Crippen LogP contribution < -0.4 is 4.72 Å². The smallest absolute Gasteiger partial charge is 0.253 e. The molecule has 1 N–H and O–H groups in total. The zero-order valence-corrected chi connectivity index (χ0v) is 13.0. The number of halogens is 1. The van der Waals surface area contributed by atoms with E-state index in [-0.39, 0.29) is 9.63 Å². The largest absolute Gasteiger partial charge is 0.283 e. The average molecular weight is 352 g/mol. The van der Waals surface area contributed by atoms with Crippen LogP contribution in [0.25, 0.3) is 0 Å². The van der Waals surface area contributed by atoms with E-state index < -0.39 is 10.0 Å². The van der Waals surface area contributed by atoms with Gasteiger partial charge in [0.2, 0.25) is 5.03 Å². The van der Waals surface area contributed by atoms with E-state index in [1.54, 1.807) is 0 Å². The highest BCUT2D eigenvalue weighted by atomic mass is 79.9. The van der Waals surface area contributed by atoms with Gasteiger partial charge in [0.1, 0.15) is 0 Å². The summed E-state index contributed by atoms with van der Waals surface area (Å²) in [5.41, 5.74) is 0.805. The van der Waals surface area contributed by atoms with E-state index in [2.05, 4.69) is 35.9 Å². The monoisotopic (exact) mass is 351 g/mol. The maximum Gasteiger partial charge on any atom is 0.283 e. The van der Waals surface area contributed by atoms with E-state index >= 15 is 0 Å². The van der Waals surface area contributed by atoms with Gasteiger partial charge in [-0.1, -0.05) is 5.21 Å². The molecule has 7 nitrogen and oxygen atoms in total. The van der Waals surface area contributed by atoms with Gasteiger partial charge in [0.15, 0.2) is 9.73 Å². The molecule has 0 amide bonds. The fourth-order valence-electron chi connectivity index (χ4n) is 1.29. The molecule has 0 saturated carbocycles. The molecule has 0 saturated heterocycles. The Hall–Kier alpha value is -1.000. The van der Waals surface area contributed by atoms with Gasteiger partial charge in [-0.3, -0.25) is 4.72 Å². The first-order valence-electron chi connectivity index (χ1n) is 4.83. The lowest BCUT2D eigenvalue weighted by Crippen LogP contribution is -2.17. The summed E-state index contributed by atoms with van der Waals surface area (Å²) in [6, 6.07) is 0. The second-order valence-electron chi connectivity index (χ2n) is 3.58. The summed E-state index contributed by atoms with van der Waals surface area (Å²) in [7, 11) is -2.24. The normalized spacial score (nSPS) is 11.8. The fraction of sp³-hybridized carbons (Fsp3) is 0.375. The number of nitrogens with zero attached hydrogens (tertiary/aromatic N) is 4. The number of anilines is 1. The highest BCUT2D eigenvalue weighted by Gasteiger charge is 2.25. The van der Waals surface area contributed by atoms with Gasteiger partial charge in [0.25, 0.3) is 10.0 Å². The van der Waals surface area contributed by atoms with Crippen LogP contribution >= 0.6 is 27.3 Å². The maximum atomic E-state index is 12.1. The molecule has 0 aliphatic carbocycles. The van der Waals surface area contributed by atoms with Gasteiger partial charge in [-0.25, -0.2) is 9.67 Å². The minimum Gasteiger partial charge on any atom is -0.253 e. The quantitative estimate of drug-likeness (QED) is 0.903. The van der Waals surface area contributed by atoms with E-state index in [9.17, 15) is 8.42 Å². The Morgan fingerprint density at radius 1 is 1.39 bits per heavy atom. The summed E-state index contributed by atoms with van der Waals surface area (Å²) in [5, 5.41) is 7.57. The van der Waals surface area contributed by atoms with Crippen molar-refractivity contribution in [3.05, 3.63) is 15.2 Å². The first-order chi connectivity index (χ1) is 8.31. The number of nitrogens with one attached hydrogen (secondary N) is 1. The average Bonchev–Trinajstić information content (AvgIpc) is 2.71. The molecular weight excluding hydrogens is 342 g/mol. The van der Waals surface area contributed by atoms with E-state index in [1.807, 2.05) is 13.8 Å². The minimum absolute atomic E-state index is 0.0343. The maximum absolute atomic E-state index is 12.1. The van der Waals surface area contributed by atoms with Crippen LogP contribution in [0.15, 0.2) is 9.63 Å². The van der Waals surface area contributed by atoms with Crippen molar-refractivity contribution in [2.45, 2.75) is 18.9 Å². The van der Waals surface area contributed by atoms with E-state index in [0.717, 1.165) is 10.6 Å². The topological polar surface area (TPSA) is 89.8 Å². The molecule has 0 fully saturated rings. The highest BCUT2D eigenvalue weighted by molar-refractivity contribution is 9.10. The number of rotatable bonds is 3. The van der Waals surface area contributed by atoms with Gasteiger partial charge < -0.3 is 0 Å². The van der Waals surface area contributed by atoms with Crippen LogP contribution in [0, 0.1) is 13.8 Å². The van der Waals surface area contributed by atoms with Crippen molar-refractivity contribution < 1.29 is 8.42 Å². The fourth-order valence-corrected chi connectivity index (χ4v) is 4.44. The van der Waals surface area contributed by atoms with Crippen LogP contribution in [0.2, 0.25) is 0 Å². The van der Waals surface area contributed by atoms with Gasteiger partial charge in [-0.2, -0.15) is 8.42 Å². The Balaban J connectivity index is 2.39. The predicted octanol–water partition coefficient (Wildman–Crippen LogP) is 1.45. The molecule has 0 atom stereocenters. The number of thiazole rings is 1. The van der Waals surface area contributed by atoms with Crippen molar-refractivity contribution in [1.29, 1.82) is 0 Å². The van der Waals surface area contributed by atoms with Gasteiger partial charge in [-0.05, 0) is 29.8 Å². The molecule has 0 bridgehead atoms. The van der Waals surface area contributed by atoms with Crippen LogP contribution in [0.3, 0.4) is 0 Å². The molecule has 98 valence electrons. The first kappa shape index (κ1) is 13.4. The van der Waals surface area contributed by atoms with Gasteiger partial charge in [0.05, 0.1) is 5.69 Å². The predicted molar refractivity (Wildman–Crippen MR) is 71.1 cm³/mol. The second-order valence-corrected chi connectivity index (χ2v) is 7.13. The third-order valence-electron chi connectivity index (χ3n) is 2.24. The van der Waals surface area contributed by atoms with Crippen LogP contribution in [0.4, 0.5) is 5.13 Å². The number of hydrogen-bond donors (Lipinski definition) is 1. The van der Waals surface area contributed by atoms with Crippen molar-refractivity contribution in [2.75, 3.05) is 4.72 Å². The van der Waals surface area contributed by atoms with Crippen LogP contribution in [-0.4, -0.2) is 28.4 Å². The van der Waals surface area contributed by atoms with Crippen molar-refractivity contribution in [3.63, 3.8) is 0 Å². The molecule has 0 aromatic carbocycles. The van der Waals surface area contributed by atoms with Gasteiger partial charge in [-0.15, -0.1) is 16.4 Å². The number of aromatic nitrogens is 4. The molecule has 2 heterocycles. The number of hydrogen-bond acceptors (Lipinski definition) is 6. The van der Waals surface area contributed by atoms with Gasteiger partial charge in [0, 0.05) is 11.9 Å². The van der Waals surface area contributed by atoms with Crippen molar-refractivity contribution in [3.8, 4) is 0 Å². The summed E-state index contributed by atoms with van der Waals surface area (Å²) in [5.74, 6) is 0. The zero-order valence-electron chi connectivity index (χ0n) is 9.80. The van der Waals surface area contributed by atoms with E-state index in [0.29, 0.717) is 5.13 Å². The first-order valence-corrected chi connectivity index (χ1v) is 7.92. The third kappa shape index (κ3) is 2.40. The summed E-state index contributed by atoms with van der Waals surface area (Å²) >= 11 is 4.34. The molecular formula is C8H10BrN5O2S2. The Morgan fingerprint density at radius 2 is 2.06 bits per heavy atom. The van der Waals surface area contributed by atoms with Crippen molar-refractivity contribution in [2.24, 2.45) is 7.05 Å². The Labute approximate surface area is 116 Å². The summed E-state index contributed by atoms with van der Waals surface area (Å²) in [6.45, 7) is 3.71. The Kier molecular flexibility index (Phi) is 3.43. The standard InChI is InChI=1S/C8H10BrN5O2S2/c1-4-5(2)17-8(10-4)12-18(15,16)7-6(9)11-13-14(7)3/h1-3H3,(H,10,12). The van der Waals surface area contributed by atoms with Gasteiger partial charge >= 0.3 is 0 Å². The molecule has 0 aliphatic heterocycles. The molecule has 0 aliphatic rings. The molecule has 2 rings (SSSR count). The lowest BCUT2D eigenvalue weighted by Gasteiger charge is -2.04. The van der Waals surface area contributed by atoms with Crippen molar-refractivity contribution >= 4 is 42.4 Å². The summed E-state index contributed by atoms with van der Waals surface area (Å²) in [4.78, 5) is 5.09. The molecule has 2 aromatic heterocycles. The van der Waals surface area contributed by atoms with Crippen LogP contribution in [0.1, 0.15) is 10.6 Å². The summed E-state index contributed by atoms with van der Waals surface area (Å²) < 4.78 is 28.1. The highest BCUT2D eigenvalue weighted by Crippen LogP contribution is 2.25. The van der Waals surface area contributed by atoms with Crippen molar-refractivity contribution in [1.82, 2.24) is 20.0 Å². The number of aryl methyl sites for hydroxylation is 3. The van der Waals surface area contributed by atoms with E-state index in [4.69, 9.17) is 0 Å². The minimum atomic E-state index is -3.75. The lowest BCUT2D eigenvalue weighted by molar-refractivity contribution is 0.578. The lowest BCUT2D eigenvalue weighted by atomic mass is 10.4. The molecule has 2 aromatic rings. The Morgan fingerprint density at radius 3 is 2.50 bits per heavy atom. The molecule has 18 heavy (non-hydrogen) atoms. The van der Waals surface area contributed by atoms with Crippen LogP contribution in [-0.2, 0) is 17.1 Å². The zero-order chi connectivity index (χ0) is 13.5. The van der Waals surface area contributed by atoms with E-state index in [1.165, 1.54) is 23.1 Å². The van der Waals surface area contributed by atoms with Crippen LogP contribution in [0.5, 0.6) is 0 Å². The SMILES string of the molecule is Cc1nc(NS(=O)(=O)c2c(Br)nnn2C)sc1C. The number of sulfonamides is 1. The molecule has 0 radical (unpaired) electrons. The summed E-state index contributed by atoms with van der Waals surface area (Å²) in [6.07, 6.45) is 0. The Bertz CT molecular complexity index is 651. The molecule has 0 spiro atoms. The molecule has 10 heteroatoms.